The van der Waals surface area contributed by atoms with Gasteiger partial charge in [-0.15, -0.1) is 30.6 Å². The van der Waals surface area contributed by atoms with Crippen LogP contribution in [0.5, 0.6) is 0 Å². The maximum atomic E-state index is 4.60. The topological polar surface area (TPSA) is 39.7 Å². The van der Waals surface area contributed by atoms with Crippen molar-refractivity contribution in [2.75, 3.05) is 26.2 Å². The molecule has 0 spiro atoms. The molecule has 2 N–H and O–H groups in total. The number of guanidine groups is 1. The monoisotopic (exact) mass is 442 g/mol. The summed E-state index contributed by atoms with van der Waals surface area (Å²) in [5.74, 6) is 0.838. The molecular weight excluding hydrogens is 411 g/mol. The van der Waals surface area contributed by atoms with E-state index in [0.29, 0.717) is 6.54 Å². The van der Waals surface area contributed by atoms with Crippen molar-refractivity contribution in [2.24, 2.45) is 4.99 Å². The summed E-state index contributed by atoms with van der Waals surface area (Å²) in [6.45, 7) is 11.6. The Balaban J connectivity index is 0.00000288. The van der Waals surface area contributed by atoms with Crippen LogP contribution in [0.1, 0.15) is 37.3 Å². The standard InChI is InChI=1S/C19H30N4.HI/c1-3-12-21-19(20-4-2)22-15-17-8-10-18(11-9-17)16-23-13-6-5-7-14-23;/h3,8-11H,1,4-7,12-16H2,2H3,(H2,20,21,22);1H. The molecule has 0 bridgehead atoms. The lowest BCUT2D eigenvalue weighted by Gasteiger charge is -2.26. The highest BCUT2D eigenvalue weighted by molar-refractivity contribution is 14.0. The lowest BCUT2D eigenvalue weighted by atomic mass is 10.1. The smallest absolute Gasteiger partial charge is 0.191 e. The minimum absolute atomic E-state index is 0. The quantitative estimate of drug-likeness (QED) is 0.294. The third kappa shape index (κ3) is 7.66. The van der Waals surface area contributed by atoms with E-state index in [9.17, 15) is 0 Å². The van der Waals surface area contributed by atoms with E-state index in [0.717, 1.165) is 25.6 Å². The molecule has 0 amide bonds. The molecule has 0 unspecified atom stereocenters. The Bertz CT molecular complexity index is 493. The molecule has 0 radical (unpaired) electrons. The summed E-state index contributed by atoms with van der Waals surface area (Å²) in [4.78, 5) is 7.16. The molecule has 1 fully saturated rings. The van der Waals surface area contributed by atoms with Crippen LogP contribution in [0, 0.1) is 0 Å². The Morgan fingerprint density at radius 1 is 1.12 bits per heavy atom. The van der Waals surface area contributed by atoms with Crippen molar-refractivity contribution in [1.82, 2.24) is 15.5 Å². The molecule has 1 aliphatic heterocycles. The van der Waals surface area contributed by atoms with Gasteiger partial charge in [0.2, 0.25) is 0 Å². The zero-order valence-electron chi connectivity index (χ0n) is 14.8. The molecule has 5 heteroatoms. The van der Waals surface area contributed by atoms with Crippen LogP contribution in [0.15, 0.2) is 41.9 Å². The van der Waals surface area contributed by atoms with E-state index >= 15 is 0 Å². The summed E-state index contributed by atoms with van der Waals surface area (Å²) in [5.41, 5.74) is 2.64. The molecule has 0 aliphatic carbocycles. The SMILES string of the molecule is C=CCNC(=NCc1ccc(CN2CCCCC2)cc1)NCC.I. The second-order valence-electron chi connectivity index (χ2n) is 6.02. The number of hydrogen-bond donors (Lipinski definition) is 2. The minimum atomic E-state index is 0. The van der Waals surface area contributed by atoms with Crippen molar-refractivity contribution in [1.29, 1.82) is 0 Å². The maximum absolute atomic E-state index is 4.60. The van der Waals surface area contributed by atoms with Gasteiger partial charge in [-0.3, -0.25) is 4.90 Å². The predicted octanol–water partition coefficient (Wildman–Crippen LogP) is 3.53. The predicted molar refractivity (Wildman–Crippen MR) is 114 cm³/mol. The molecule has 134 valence electrons. The van der Waals surface area contributed by atoms with E-state index < -0.39 is 0 Å². The molecule has 1 heterocycles. The van der Waals surface area contributed by atoms with Gasteiger partial charge in [0.25, 0.3) is 0 Å². The van der Waals surface area contributed by atoms with Gasteiger partial charge in [-0.05, 0) is 44.0 Å². The summed E-state index contributed by atoms with van der Waals surface area (Å²) < 4.78 is 0. The Kier molecular flexibility index (Phi) is 10.7. The van der Waals surface area contributed by atoms with Gasteiger partial charge in [0.1, 0.15) is 0 Å². The Hall–Kier alpha value is -1.08. The molecule has 1 aromatic carbocycles. The number of likely N-dealkylation sites (tertiary alicyclic amines) is 1. The van der Waals surface area contributed by atoms with Crippen LogP contribution in [0.4, 0.5) is 0 Å². The van der Waals surface area contributed by atoms with E-state index in [-0.39, 0.29) is 24.0 Å². The number of hydrogen-bond acceptors (Lipinski definition) is 2. The molecule has 2 rings (SSSR count). The van der Waals surface area contributed by atoms with Gasteiger partial charge in [0, 0.05) is 19.6 Å². The number of aliphatic imine (C=N–C) groups is 1. The van der Waals surface area contributed by atoms with Crippen molar-refractivity contribution in [3.63, 3.8) is 0 Å². The van der Waals surface area contributed by atoms with Gasteiger partial charge in [-0.2, -0.15) is 0 Å². The van der Waals surface area contributed by atoms with Gasteiger partial charge >= 0.3 is 0 Å². The lowest BCUT2D eigenvalue weighted by Crippen LogP contribution is -2.37. The highest BCUT2D eigenvalue weighted by Gasteiger charge is 2.10. The van der Waals surface area contributed by atoms with Crippen molar-refractivity contribution >= 4 is 29.9 Å². The minimum Gasteiger partial charge on any atom is -0.357 e. The third-order valence-corrected chi connectivity index (χ3v) is 4.06. The normalized spacial score (nSPS) is 15.5. The first-order valence-corrected chi connectivity index (χ1v) is 8.75. The number of nitrogens with zero attached hydrogens (tertiary/aromatic N) is 2. The summed E-state index contributed by atoms with van der Waals surface area (Å²) in [6, 6.07) is 8.87. The largest absolute Gasteiger partial charge is 0.357 e. The Morgan fingerprint density at radius 3 is 2.42 bits per heavy atom. The van der Waals surface area contributed by atoms with Crippen LogP contribution in [-0.2, 0) is 13.1 Å². The molecule has 0 atom stereocenters. The molecule has 1 aromatic rings. The highest BCUT2D eigenvalue weighted by atomic mass is 127. The summed E-state index contributed by atoms with van der Waals surface area (Å²) in [5, 5.41) is 6.46. The van der Waals surface area contributed by atoms with E-state index in [1.165, 1.54) is 43.5 Å². The van der Waals surface area contributed by atoms with Crippen molar-refractivity contribution in [2.45, 2.75) is 39.3 Å². The Morgan fingerprint density at radius 2 is 1.79 bits per heavy atom. The van der Waals surface area contributed by atoms with E-state index in [2.05, 4.69) is 58.3 Å². The van der Waals surface area contributed by atoms with E-state index in [1.54, 1.807) is 0 Å². The summed E-state index contributed by atoms with van der Waals surface area (Å²) in [7, 11) is 0. The number of benzene rings is 1. The first-order valence-electron chi connectivity index (χ1n) is 8.75. The number of piperidine rings is 1. The van der Waals surface area contributed by atoms with Crippen molar-refractivity contribution in [3.05, 3.63) is 48.0 Å². The second kappa shape index (κ2) is 12.3. The molecule has 1 saturated heterocycles. The number of rotatable bonds is 7. The first kappa shape index (κ1) is 21.0. The second-order valence-corrected chi connectivity index (χ2v) is 6.02. The third-order valence-electron chi connectivity index (χ3n) is 4.06. The van der Waals surface area contributed by atoms with Gasteiger partial charge in [-0.25, -0.2) is 4.99 Å². The van der Waals surface area contributed by atoms with Crippen molar-refractivity contribution < 1.29 is 0 Å². The van der Waals surface area contributed by atoms with Crippen LogP contribution < -0.4 is 10.6 Å². The van der Waals surface area contributed by atoms with Crippen LogP contribution >= 0.6 is 24.0 Å². The molecular formula is C19H31IN4. The van der Waals surface area contributed by atoms with Gasteiger partial charge in [0.05, 0.1) is 6.54 Å². The summed E-state index contributed by atoms with van der Waals surface area (Å²) >= 11 is 0. The van der Waals surface area contributed by atoms with Crippen LogP contribution in [0.2, 0.25) is 0 Å². The van der Waals surface area contributed by atoms with Crippen LogP contribution in [0.3, 0.4) is 0 Å². The molecule has 0 saturated carbocycles. The lowest BCUT2D eigenvalue weighted by molar-refractivity contribution is 0.221. The fraction of sp³-hybridized carbons (Fsp3) is 0.526. The molecule has 1 aliphatic rings. The van der Waals surface area contributed by atoms with Crippen LogP contribution in [-0.4, -0.2) is 37.0 Å². The fourth-order valence-corrected chi connectivity index (χ4v) is 2.81. The van der Waals surface area contributed by atoms with E-state index in [1.807, 2.05) is 6.08 Å². The van der Waals surface area contributed by atoms with Crippen LogP contribution in [0.25, 0.3) is 0 Å². The molecule has 0 aromatic heterocycles. The maximum Gasteiger partial charge on any atom is 0.191 e. The van der Waals surface area contributed by atoms with Gasteiger partial charge in [-0.1, -0.05) is 36.8 Å². The number of halogens is 1. The summed E-state index contributed by atoms with van der Waals surface area (Å²) in [6.07, 6.45) is 5.92. The van der Waals surface area contributed by atoms with Gasteiger partial charge < -0.3 is 10.6 Å². The van der Waals surface area contributed by atoms with Gasteiger partial charge in [0.15, 0.2) is 5.96 Å². The fourth-order valence-electron chi connectivity index (χ4n) is 2.81. The first-order chi connectivity index (χ1) is 11.3. The van der Waals surface area contributed by atoms with E-state index in [4.69, 9.17) is 0 Å². The Labute approximate surface area is 163 Å². The molecule has 24 heavy (non-hydrogen) atoms. The number of nitrogens with one attached hydrogen (secondary N) is 2. The average Bonchev–Trinajstić information content (AvgIpc) is 2.59. The average molecular weight is 442 g/mol. The highest BCUT2D eigenvalue weighted by Crippen LogP contribution is 2.13. The zero-order chi connectivity index (χ0) is 16.3. The molecule has 4 nitrogen and oxygen atoms in total. The van der Waals surface area contributed by atoms with Crippen molar-refractivity contribution in [3.8, 4) is 0 Å². The zero-order valence-corrected chi connectivity index (χ0v) is 17.1.